The highest BCUT2D eigenvalue weighted by Gasteiger charge is 2.16. The van der Waals surface area contributed by atoms with E-state index in [9.17, 15) is 9.18 Å². The van der Waals surface area contributed by atoms with Gasteiger partial charge in [-0.2, -0.15) is 0 Å². The van der Waals surface area contributed by atoms with Crippen LogP contribution in [0.15, 0.2) is 48.8 Å². The standard InChI is InChI=1S/C20H19FN4O4/c1-27-16-8-12(9-17(28-2)19(16)29-3)24-20(26)15-10-23-18(11-22-15)25-14-7-5-4-6-13(14)21/h4-11H,1-3H3,(H,23,25)(H,24,26). The van der Waals surface area contributed by atoms with Crippen molar-refractivity contribution < 1.29 is 23.4 Å². The first-order chi connectivity index (χ1) is 14.0. The van der Waals surface area contributed by atoms with Gasteiger partial charge in [0.1, 0.15) is 17.3 Å². The lowest BCUT2D eigenvalue weighted by molar-refractivity contribution is 0.102. The molecule has 1 heterocycles. The second-order valence-electron chi connectivity index (χ2n) is 5.76. The first-order valence-corrected chi connectivity index (χ1v) is 8.50. The van der Waals surface area contributed by atoms with E-state index >= 15 is 0 Å². The molecular formula is C20H19FN4O4. The van der Waals surface area contributed by atoms with Crippen LogP contribution in [0.1, 0.15) is 10.5 Å². The lowest BCUT2D eigenvalue weighted by Crippen LogP contribution is -2.14. The third kappa shape index (κ3) is 4.52. The number of aromatic nitrogens is 2. The summed E-state index contributed by atoms with van der Waals surface area (Å²) in [6.07, 6.45) is 2.63. The van der Waals surface area contributed by atoms with Crippen LogP contribution in [-0.2, 0) is 0 Å². The zero-order chi connectivity index (χ0) is 20.8. The summed E-state index contributed by atoms with van der Waals surface area (Å²) < 4.78 is 29.5. The van der Waals surface area contributed by atoms with Gasteiger partial charge in [0.05, 0.1) is 39.4 Å². The van der Waals surface area contributed by atoms with Gasteiger partial charge in [-0.15, -0.1) is 0 Å². The minimum absolute atomic E-state index is 0.0813. The van der Waals surface area contributed by atoms with Crippen molar-refractivity contribution >= 4 is 23.1 Å². The molecule has 0 fully saturated rings. The number of carbonyl (C=O) groups excluding carboxylic acids is 1. The van der Waals surface area contributed by atoms with Crippen LogP contribution in [0.2, 0.25) is 0 Å². The van der Waals surface area contributed by atoms with Gasteiger partial charge in [-0.25, -0.2) is 14.4 Å². The van der Waals surface area contributed by atoms with Crippen LogP contribution < -0.4 is 24.8 Å². The second kappa shape index (κ2) is 8.87. The smallest absolute Gasteiger partial charge is 0.275 e. The van der Waals surface area contributed by atoms with Crippen LogP contribution in [0.4, 0.5) is 21.6 Å². The van der Waals surface area contributed by atoms with E-state index in [4.69, 9.17) is 14.2 Å². The minimum atomic E-state index is -0.482. The van der Waals surface area contributed by atoms with Crippen molar-refractivity contribution in [2.24, 2.45) is 0 Å². The fraction of sp³-hybridized carbons (Fsp3) is 0.150. The number of nitrogens with zero attached hydrogens (tertiary/aromatic N) is 2. The number of hydrogen-bond donors (Lipinski definition) is 2. The number of rotatable bonds is 7. The van der Waals surface area contributed by atoms with Gasteiger partial charge in [0, 0.05) is 17.8 Å². The predicted molar refractivity (Wildman–Crippen MR) is 106 cm³/mol. The summed E-state index contributed by atoms with van der Waals surface area (Å²) in [5, 5.41) is 5.50. The van der Waals surface area contributed by atoms with Crippen molar-refractivity contribution in [3.05, 3.63) is 60.3 Å². The number of nitrogens with one attached hydrogen (secondary N) is 2. The van der Waals surface area contributed by atoms with E-state index in [0.717, 1.165) is 0 Å². The molecule has 0 aliphatic heterocycles. The third-order valence-corrected chi connectivity index (χ3v) is 3.94. The molecule has 29 heavy (non-hydrogen) atoms. The Morgan fingerprint density at radius 2 is 1.66 bits per heavy atom. The summed E-state index contributed by atoms with van der Waals surface area (Å²) in [6, 6.07) is 9.37. The lowest BCUT2D eigenvalue weighted by Gasteiger charge is -2.14. The summed E-state index contributed by atoms with van der Waals surface area (Å²) in [5.41, 5.74) is 0.772. The highest BCUT2D eigenvalue weighted by atomic mass is 19.1. The van der Waals surface area contributed by atoms with E-state index in [0.29, 0.717) is 28.8 Å². The van der Waals surface area contributed by atoms with Crippen LogP contribution in [-0.4, -0.2) is 37.2 Å². The summed E-state index contributed by atoms with van der Waals surface area (Å²) in [5.74, 6) is 0.619. The van der Waals surface area contributed by atoms with Crippen molar-refractivity contribution in [1.29, 1.82) is 0 Å². The highest BCUT2D eigenvalue weighted by molar-refractivity contribution is 6.03. The van der Waals surface area contributed by atoms with Crippen molar-refractivity contribution in [3.8, 4) is 17.2 Å². The molecule has 0 unspecified atom stereocenters. The average molecular weight is 398 g/mol. The Hall–Kier alpha value is -3.88. The van der Waals surface area contributed by atoms with Crippen LogP contribution in [0.3, 0.4) is 0 Å². The Bertz CT molecular complexity index is 987. The van der Waals surface area contributed by atoms with Crippen LogP contribution >= 0.6 is 0 Å². The molecule has 3 aromatic rings. The highest BCUT2D eigenvalue weighted by Crippen LogP contribution is 2.40. The normalized spacial score (nSPS) is 10.2. The first kappa shape index (κ1) is 19.9. The lowest BCUT2D eigenvalue weighted by atomic mass is 10.2. The molecule has 0 bridgehead atoms. The van der Waals surface area contributed by atoms with Gasteiger partial charge in [-0.3, -0.25) is 4.79 Å². The summed E-state index contributed by atoms with van der Waals surface area (Å²) in [7, 11) is 4.45. The number of anilines is 3. The summed E-state index contributed by atoms with van der Waals surface area (Å²) >= 11 is 0. The number of methoxy groups -OCH3 is 3. The molecule has 0 atom stereocenters. The Morgan fingerprint density at radius 3 is 2.21 bits per heavy atom. The average Bonchev–Trinajstić information content (AvgIpc) is 2.75. The SMILES string of the molecule is COc1cc(NC(=O)c2cnc(Nc3ccccc3F)cn2)cc(OC)c1OC. The summed E-state index contributed by atoms with van der Waals surface area (Å²) in [4.78, 5) is 20.7. The molecule has 3 rings (SSSR count). The minimum Gasteiger partial charge on any atom is -0.493 e. The molecule has 0 saturated carbocycles. The summed E-state index contributed by atoms with van der Waals surface area (Å²) in [6.45, 7) is 0. The largest absolute Gasteiger partial charge is 0.493 e. The number of amides is 1. The Balaban J connectivity index is 1.75. The molecule has 9 heteroatoms. The van der Waals surface area contributed by atoms with Gasteiger partial charge in [0.15, 0.2) is 11.5 Å². The molecule has 0 radical (unpaired) electrons. The molecule has 2 aromatic carbocycles. The van der Waals surface area contributed by atoms with E-state index in [1.807, 2.05) is 0 Å². The Kier molecular flexibility index (Phi) is 6.08. The quantitative estimate of drug-likeness (QED) is 0.627. The van der Waals surface area contributed by atoms with Crippen molar-refractivity contribution in [1.82, 2.24) is 9.97 Å². The maximum atomic E-state index is 13.7. The van der Waals surface area contributed by atoms with Gasteiger partial charge in [-0.05, 0) is 12.1 Å². The van der Waals surface area contributed by atoms with Gasteiger partial charge >= 0.3 is 0 Å². The second-order valence-corrected chi connectivity index (χ2v) is 5.76. The van der Waals surface area contributed by atoms with Crippen molar-refractivity contribution in [3.63, 3.8) is 0 Å². The van der Waals surface area contributed by atoms with Gasteiger partial charge in [0.25, 0.3) is 5.91 Å². The molecular weight excluding hydrogens is 379 g/mol. The van der Waals surface area contributed by atoms with Gasteiger partial charge in [0.2, 0.25) is 5.75 Å². The van der Waals surface area contributed by atoms with E-state index in [2.05, 4.69) is 20.6 Å². The number of ether oxygens (including phenoxy) is 3. The maximum absolute atomic E-state index is 13.7. The molecule has 150 valence electrons. The van der Waals surface area contributed by atoms with Crippen LogP contribution in [0.5, 0.6) is 17.2 Å². The maximum Gasteiger partial charge on any atom is 0.275 e. The topological polar surface area (TPSA) is 94.6 Å². The number of benzene rings is 2. The molecule has 8 nitrogen and oxygen atoms in total. The third-order valence-electron chi connectivity index (χ3n) is 3.94. The number of para-hydroxylation sites is 1. The van der Waals surface area contributed by atoms with Crippen molar-refractivity contribution in [2.75, 3.05) is 32.0 Å². The molecule has 0 aliphatic rings. The molecule has 1 aromatic heterocycles. The van der Waals surface area contributed by atoms with E-state index < -0.39 is 11.7 Å². The Labute approximate surface area is 166 Å². The molecule has 1 amide bonds. The van der Waals surface area contributed by atoms with Gasteiger partial charge in [-0.1, -0.05) is 12.1 Å². The Morgan fingerprint density at radius 1 is 0.966 bits per heavy atom. The van der Waals surface area contributed by atoms with E-state index in [1.54, 1.807) is 30.3 Å². The van der Waals surface area contributed by atoms with Gasteiger partial charge < -0.3 is 24.8 Å². The fourth-order valence-corrected chi connectivity index (χ4v) is 2.56. The number of hydrogen-bond acceptors (Lipinski definition) is 7. The van der Waals surface area contributed by atoms with Crippen LogP contribution in [0, 0.1) is 5.82 Å². The predicted octanol–water partition coefficient (Wildman–Crippen LogP) is 3.64. The molecule has 0 saturated heterocycles. The first-order valence-electron chi connectivity index (χ1n) is 8.50. The number of carbonyl (C=O) groups is 1. The monoisotopic (exact) mass is 398 g/mol. The fourth-order valence-electron chi connectivity index (χ4n) is 2.56. The zero-order valence-electron chi connectivity index (χ0n) is 16.0. The van der Waals surface area contributed by atoms with Crippen molar-refractivity contribution in [2.45, 2.75) is 0 Å². The van der Waals surface area contributed by atoms with E-state index in [1.165, 1.54) is 39.8 Å². The zero-order valence-corrected chi connectivity index (χ0v) is 16.0. The molecule has 0 aliphatic carbocycles. The molecule has 0 spiro atoms. The van der Waals surface area contributed by atoms with E-state index in [-0.39, 0.29) is 11.4 Å². The number of halogens is 1. The van der Waals surface area contributed by atoms with Crippen LogP contribution in [0.25, 0.3) is 0 Å². The molecule has 2 N–H and O–H groups in total.